The molecule has 0 radical (unpaired) electrons. The van der Waals surface area contributed by atoms with Crippen molar-refractivity contribution in [2.45, 2.75) is 13.8 Å². The average Bonchev–Trinajstić information content (AvgIpc) is 3.18. The number of aryl methyl sites for hydroxylation is 2. The Morgan fingerprint density at radius 3 is 2.30 bits per heavy atom. The number of carbonyl (C=O) groups is 2. The Kier molecular flexibility index (Phi) is 7.46. The zero-order valence-electron chi connectivity index (χ0n) is 17.1. The molecule has 0 bridgehead atoms. The lowest BCUT2D eigenvalue weighted by Crippen LogP contribution is -2.00. The molecule has 1 aromatic heterocycles. The molecule has 2 aromatic carbocycles. The van der Waals surface area contributed by atoms with Gasteiger partial charge in [0.05, 0.1) is 24.7 Å². The van der Waals surface area contributed by atoms with Gasteiger partial charge in [0.2, 0.25) is 0 Å². The van der Waals surface area contributed by atoms with Crippen LogP contribution in [0.25, 0.3) is 17.0 Å². The van der Waals surface area contributed by atoms with E-state index in [2.05, 4.69) is 14.5 Å². The predicted molar refractivity (Wildman–Crippen MR) is 113 cm³/mol. The molecular formula is C22H22N2O6. The molecular weight excluding hydrogens is 388 g/mol. The molecule has 3 rings (SSSR count). The molecule has 0 aliphatic rings. The molecule has 0 amide bonds. The summed E-state index contributed by atoms with van der Waals surface area (Å²) in [4.78, 5) is 35.4. The highest BCUT2D eigenvalue weighted by Gasteiger charge is 2.13. The lowest BCUT2D eigenvalue weighted by molar-refractivity contribution is -0.385. The number of hydrogen-bond acceptors (Lipinski definition) is 6. The summed E-state index contributed by atoms with van der Waals surface area (Å²) in [5.41, 5.74) is 3.73. The monoisotopic (exact) mass is 410 g/mol. The molecule has 8 nitrogen and oxygen atoms in total. The number of methoxy groups -OCH3 is 2. The van der Waals surface area contributed by atoms with Gasteiger partial charge in [-0.3, -0.25) is 10.1 Å². The van der Waals surface area contributed by atoms with Crippen LogP contribution in [0.4, 0.5) is 5.69 Å². The van der Waals surface area contributed by atoms with Crippen molar-refractivity contribution in [1.82, 2.24) is 4.98 Å². The zero-order valence-corrected chi connectivity index (χ0v) is 17.1. The van der Waals surface area contributed by atoms with E-state index in [0.717, 1.165) is 28.1 Å². The maximum Gasteiger partial charge on any atom is 0.354 e. The van der Waals surface area contributed by atoms with Gasteiger partial charge in [0.1, 0.15) is 5.69 Å². The molecule has 1 N–H and O–H groups in total. The minimum Gasteiger partial charge on any atom is -0.466 e. The largest absolute Gasteiger partial charge is 0.466 e. The lowest BCUT2D eigenvalue weighted by atomic mass is 10.1. The fourth-order valence-electron chi connectivity index (χ4n) is 2.79. The van der Waals surface area contributed by atoms with Crippen LogP contribution >= 0.6 is 0 Å². The molecule has 0 aliphatic heterocycles. The molecule has 1 heterocycles. The summed E-state index contributed by atoms with van der Waals surface area (Å²) in [6.07, 6.45) is 2.55. The zero-order chi connectivity index (χ0) is 22.3. The van der Waals surface area contributed by atoms with Crippen molar-refractivity contribution in [3.8, 4) is 0 Å². The van der Waals surface area contributed by atoms with Gasteiger partial charge in [-0.2, -0.15) is 0 Å². The normalized spacial score (nSPS) is 10.4. The van der Waals surface area contributed by atoms with Gasteiger partial charge < -0.3 is 14.5 Å². The van der Waals surface area contributed by atoms with Crippen molar-refractivity contribution in [3.05, 3.63) is 81.0 Å². The van der Waals surface area contributed by atoms with Crippen LogP contribution in [0, 0.1) is 24.0 Å². The Labute approximate surface area is 173 Å². The molecule has 156 valence electrons. The van der Waals surface area contributed by atoms with Gasteiger partial charge in [-0.05, 0) is 43.2 Å². The fourth-order valence-corrected chi connectivity index (χ4v) is 2.79. The smallest absolute Gasteiger partial charge is 0.354 e. The third-order valence-electron chi connectivity index (χ3n) is 4.37. The maximum absolute atomic E-state index is 11.2. The standard InChI is InChI=1S/C11H11NO4.C11H11NO2/c1-8-4-3-5-10(12(14)15)9(8)6-7-11(13)16-2;1-7-4-3-5-9-8(7)6-10(12-9)11(13)14-2/h3-7H,1-2H3;3-6,12H,1-2H3. The van der Waals surface area contributed by atoms with E-state index in [4.69, 9.17) is 0 Å². The quantitative estimate of drug-likeness (QED) is 0.296. The third-order valence-corrected chi connectivity index (χ3v) is 4.37. The number of aromatic nitrogens is 1. The van der Waals surface area contributed by atoms with Crippen molar-refractivity contribution in [3.63, 3.8) is 0 Å². The number of hydrogen-bond donors (Lipinski definition) is 1. The summed E-state index contributed by atoms with van der Waals surface area (Å²) in [5.74, 6) is -0.877. The number of carbonyl (C=O) groups excluding carboxylic acids is 2. The van der Waals surface area contributed by atoms with Crippen LogP contribution in [0.5, 0.6) is 0 Å². The Morgan fingerprint density at radius 1 is 1.03 bits per heavy atom. The second kappa shape index (κ2) is 10.0. The lowest BCUT2D eigenvalue weighted by Gasteiger charge is -2.01. The van der Waals surface area contributed by atoms with Crippen LogP contribution in [0.3, 0.4) is 0 Å². The minimum atomic E-state index is -0.544. The number of ether oxygens (including phenoxy) is 2. The number of fused-ring (bicyclic) bond motifs is 1. The highest BCUT2D eigenvalue weighted by molar-refractivity contribution is 5.95. The van der Waals surface area contributed by atoms with Crippen LogP contribution in [-0.2, 0) is 14.3 Å². The Balaban J connectivity index is 0.000000215. The van der Waals surface area contributed by atoms with E-state index in [-0.39, 0.29) is 11.7 Å². The molecule has 0 saturated carbocycles. The number of H-pyrrole nitrogens is 1. The van der Waals surface area contributed by atoms with Crippen molar-refractivity contribution < 1.29 is 24.0 Å². The number of rotatable bonds is 4. The van der Waals surface area contributed by atoms with E-state index >= 15 is 0 Å². The van der Waals surface area contributed by atoms with E-state index in [1.807, 2.05) is 31.2 Å². The van der Waals surface area contributed by atoms with E-state index in [1.165, 1.54) is 26.4 Å². The first-order valence-electron chi connectivity index (χ1n) is 8.95. The van der Waals surface area contributed by atoms with Crippen LogP contribution in [0.15, 0.2) is 48.5 Å². The van der Waals surface area contributed by atoms with E-state index in [0.29, 0.717) is 11.3 Å². The summed E-state index contributed by atoms with van der Waals surface area (Å²) in [6.45, 7) is 3.75. The maximum atomic E-state index is 11.2. The number of benzene rings is 2. The second-order valence-electron chi connectivity index (χ2n) is 6.33. The number of nitro benzene ring substituents is 1. The summed E-state index contributed by atoms with van der Waals surface area (Å²) in [7, 11) is 2.62. The van der Waals surface area contributed by atoms with Crippen LogP contribution in [-0.4, -0.2) is 36.1 Å². The fraction of sp³-hybridized carbons (Fsp3) is 0.182. The van der Waals surface area contributed by atoms with Crippen molar-refractivity contribution >= 4 is 34.6 Å². The number of nitrogens with zero attached hydrogens (tertiary/aromatic N) is 1. The molecule has 0 spiro atoms. The topological polar surface area (TPSA) is 112 Å². The minimum absolute atomic E-state index is 0.0276. The number of nitro groups is 1. The predicted octanol–water partition coefficient (Wildman–Crippen LogP) is 4.35. The Morgan fingerprint density at radius 2 is 1.70 bits per heavy atom. The third kappa shape index (κ3) is 5.32. The van der Waals surface area contributed by atoms with Gasteiger partial charge in [0, 0.05) is 23.0 Å². The molecule has 0 atom stereocenters. The molecule has 0 aliphatic carbocycles. The van der Waals surface area contributed by atoms with E-state index in [9.17, 15) is 19.7 Å². The van der Waals surface area contributed by atoms with Gasteiger partial charge in [-0.25, -0.2) is 9.59 Å². The Hall–Kier alpha value is -3.94. The highest BCUT2D eigenvalue weighted by atomic mass is 16.6. The first-order valence-corrected chi connectivity index (χ1v) is 8.95. The number of nitrogens with one attached hydrogen (secondary N) is 1. The van der Waals surface area contributed by atoms with E-state index < -0.39 is 10.9 Å². The van der Waals surface area contributed by atoms with Gasteiger partial charge in [0.25, 0.3) is 5.69 Å². The summed E-state index contributed by atoms with van der Waals surface area (Å²) in [5, 5.41) is 11.8. The molecule has 3 aromatic rings. The highest BCUT2D eigenvalue weighted by Crippen LogP contribution is 2.23. The van der Waals surface area contributed by atoms with Gasteiger partial charge in [-0.15, -0.1) is 0 Å². The van der Waals surface area contributed by atoms with Crippen molar-refractivity contribution in [2.75, 3.05) is 14.2 Å². The number of esters is 2. The first kappa shape index (κ1) is 22.4. The summed E-state index contributed by atoms with van der Waals surface area (Å²) < 4.78 is 9.05. The van der Waals surface area contributed by atoms with Gasteiger partial charge in [0.15, 0.2) is 0 Å². The molecule has 30 heavy (non-hydrogen) atoms. The van der Waals surface area contributed by atoms with Gasteiger partial charge >= 0.3 is 11.9 Å². The molecule has 0 saturated heterocycles. The van der Waals surface area contributed by atoms with Crippen molar-refractivity contribution in [2.24, 2.45) is 0 Å². The van der Waals surface area contributed by atoms with Crippen molar-refractivity contribution in [1.29, 1.82) is 0 Å². The molecule has 8 heteroatoms. The number of aromatic amines is 1. The summed E-state index contributed by atoms with van der Waals surface area (Å²) in [6, 6.07) is 12.5. The first-order chi connectivity index (χ1) is 14.3. The average molecular weight is 410 g/mol. The van der Waals surface area contributed by atoms with Crippen LogP contribution in [0.1, 0.15) is 27.2 Å². The van der Waals surface area contributed by atoms with Gasteiger partial charge in [-0.1, -0.05) is 24.3 Å². The molecule has 0 fully saturated rings. The SMILES string of the molecule is COC(=O)C=Cc1c(C)cccc1[N+](=O)[O-].COC(=O)c1cc2c(C)cccc2[nH]1. The van der Waals surface area contributed by atoms with Crippen LogP contribution in [0.2, 0.25) is 0 Å². The second-order valence-corrected chi connectivity index (χ2v) is 6.33. The Bertz CT molecular complexity index is 1110. The summed E-state index contributed by atoms with van der Waals surface area (Å²) >= 11 is 0. The molecule has 0 unspecified atom stereocenters. The van der Waals surface area contributed by atoms with Crippen LogP contribution < -0.4 is 0 Å². The van der Waals surface area contributed by atoms with E-state index in [1.54, 1.807) is 19.1 Å².